The normalized spacial score (nSPS) is 21.1. The minimum absolute atomic E-state index is 0.108. The highest BCUT2D eigenvalue weighted by Gasteiger charge is 2.31. The third-order valence-corrected chi connectivity index (χ3v) is 5.66. The van der Waals surface area contributed by atoms with E-state index in [4.69, 9.17) is 0 Å². The third-order valence-electron chi connectivity index (χ3n) is 5.66. The van der Waals surface area contributed by atoms with E-state index in [1.165, 1.54) is 0 Å². The summed E-state index contributed by atoms with van der Waals surface area (Å²) < 4.78 is 0. The second-order valence-corrected chi connectivity index (χ2v) is 7.81. The summed E-state index contributed by atoms with van der Waals surface area (Å²) in [6, 6.07) is 8.40. The van der Waals surface area contributed by atoms with Crippen LogP contribution in [0.4, 0.5) is 4.79 Å². The van der Waals surface area contributed by atoms with Crippen molar-refractivity contribution < 1.29 is 19.5 Å². The molecule has 1 aromatic rings. The van der Waals surface area contributed by atoms with E-state index in [-0.39, 0.29) is 30.3 Å². The number of carbonyl (C=O) groups is 3. The number of carboxylic acid groups (broad SMARTS) is 1. The van der Waals surface area contributed by atoms with Gasteiger partial charge in [-0.3, -0.25) is 4.79 Å². The van der Waals surface area contributed by atoms with Crippen LogP contribution in [0.25, 0.3) is 0 Å². The number of rotatable bonds is 6. The fraction of sp³-hybridized carbons (Fsp3) is 0.571. The number of nitrogens with one attached hydrogen (secondary N) is 2. The molecule has 2 atom stereocenters. The van der Waals surface area contributed by atoms with Gasteiger partial charge in [0.15, 0.2) is 0 Å². The monoisotopic (exact) mass is 387 g/mol. The molecule has 0 spiro atoms. The van der Waals surface area contributed by atoms with Gasteiger partial charge in [0.05, 0.1) is 5.92 Å². The summed E-state index contributed by atoms with van der Waals surface area (Å²) in [5.74, 6) is -1.72. The van der Waals surface area contributed by atoms with Crippen LogP contribution in [-0.4, -0.2) is 53.1 Å². The van der Waals surface area contributed by atoms with E-state index in [1.807, 2.05) is 30.3 Å². The Morgan fingerprint density at radius 1 is 1.07 bits per heavy atom. The molecule has 3 amide bonds. The van der Waals surface area contributed by atoms with Crippen molar-refractivity contribution in [3.63, 3.8) is 0 Å². The van der Waals surface area contributed by atoms with Crippen molar-refractivity contribution in [3.8, 4) is 0 Å². The van der Waals surface area contributed by atoms with Crippen molar-refractivity contribution in [3.05, 3.63) is 35.9 Å². The zero-order valence-electron chi connectivity index (χ0n) is 16.1. The average Bonchev–Trinajstić information content (AvgIpc) is 3.21. The Labute approximate surface area is 165 Å². The van der Waals surface area contributed by atoms with Gasteiger partial charge >= 0.3 is 12.0 Å². The van der Waals surface area contributed by atoms with Crippen LogP contribution in [0, 0.1) is 5.92 Å². The van der Waals surface area contributed by atoms with E-state index in [1.54, 1.807) is 4.90 Å². The van der Waals surface area contributed by atoms with Gasteiger partial charge in [-0.1, -0.05) is 43.2 Å². The first kappa shape index (κ1) is 20.2. The van der Waals surface area contributed by atoms with Crippen LogP contribution < -0.4 is 10.6 Å². The van der Waals surface area contributed by atoms with Gasteiger partial charge in [0.1, 0.15) is 6.04 Å². The highest BCUT2D eigenvalue weighted by atomic mass is 16.4. The molecular formula is C21H29N3O4. The maximum Gasteiger partial charge on any atom is 0.326 e. The van der Waals surface area contributed by atoms with Gasteiger partial charge in [-0.25, -0.2) is 9.59 Å². The summed E-state index contributed by atoms with van der Waals surface area (Å²) in [5.41, 5.74) is 0.858. The largest absolute Gasteiger partial charge is 0.480 e. The Hall–Kier alpha value is -2.57. The van der Waals surface area contributed by atoms with Crippen LogP contribution in [0.2, 0.25) is 0 Å². The zero-order chi connectivity index (χ0) is 19.9. The molecule has 1 saturated carbocycles. The molecular weight excluding hydrogens is 358 g/mol. The van der Waals surface area contributed by atoms with Gasteiger partial charge in [-0.15, -0.1) is 0 Å². The Morgan fingerprint density at radius 2 is 1.79 bits per heavy atom. The molecule has 1 unspecified atom stereocenters. The molecule has 1 aromatic carbocycles. The standard InChI is InChI=1S/C21H29N3O4/c25-19(23-18(20(26)27)13-15-7-2-1-3-8-15)16-9-6-12-24(14-16)21(28)22-17-10-4-5-11-17/h1-3,7-8,16-18H,4-6,9-14H2,(H,22,28)(H,23,25)(H,26,27)/t16?,18-/m0/s1. The molecule has 1 saturated heterocycles. The minimum Gasteiger partial charge on any atom is -0.480 e. The number of carboxylic acids is 1. The Morgan fingerprint density at radius 3 is 2.46 bits per heavy atom. The predicted molar refractivity (Wildman–Crippen MR) is 105 cm³/mol. The number of urea groups is 1. The highest BCUT2D eigenvalue weighted by Crippen LogP contribution is 2.20. The molecule has 7 nitrogen and oxygen atoms in total. The van der Waals surface area contributed by atoms with Crippen LogP contribution in [0.3, 0.4) is 0 Å². The first-order valence-electron chi connectivity index (χ1n) is 10.2. The van der Waals surface area contributed by atoms with E-state index >= 15 is 0 Å². The molecule has 0 radical (unpaired) electrons. The Kier molecular flexibility index (Phi) is 6.90. The number of piperidine rings is 1. The number of benzene rings is 1. The van der Waals surface area contributed by atoms with Gasteiger partial charge in [0, 0.05) is 25.6 Å². The molecule has 152 valence electrons. The molecule has 1 aliphatic carbocycles. The molecule has 3 N–H and O–H groups in total. The minimum atomic E-state index is -1.05. The summed E-state index contributed by atoms with van der Waals surface area (Å²) in [7, 11) is 0. The first-order chi connectivity index (χ1) is 13.5. The number of hydrogen-bond acceptors (Lipinski definition) is 3. The number of aliphatic carboxylic acids is 1. The van der Waals surface area contributed by atoms with Crippen LogP contribution in [-0.2, 0) is 16.0 Å². The maximum atomic E-state index is 12.7. The fourth-order valence-corrected chi connectivity index (χ4v) is 4.05. The van der Waals surface area contributed by atoms with E-state index in [9.17, 15) is 19.5 Å². The number of carbonyl (C=O) groups excluding carboxylic acids is 2. The Bertz CT molecular complexity index is 688. The van der Waals surface area contributed by atoms with Crippen LogP contribution in [0.15, 0.2) is 30.3 Å². The van der Waals surface area contributed by atoms with Crippen molar-refractivity contribution >= 4 is 17.9 Å². The smallest absolute Gasteiger partial charge is 0.326 e. The molecule has 3 rings (SSSR count). The van der Waals surface area contributed by atoms with E-state index in [0.717, 1.165) is 37.7 Å². The summed E-state index contributed by atoms with van der Waals surface area (Å²) in [6.07, 6.45) is 5.97. The molecule has 2 aliphatic rings. The van der Waals surface area contributed by atoms with E-state index in [2.05, 4.69) is 10.6 Å². The molecule has 2 fully saturated rings. The van der Waals surface area contributed by atoms with Crippen molar-refractivity contribution in [1.82, 2.24) is 15.5 Å². The molecule has 0 bridgehead atoms. The topological polar surface area (TPSA) is 98.7 Å². The molecule has 0 aromatic heterocycles. The molecule has 1 heterocycles. The molecule has 7 heteroatoms. The van der Waals surface area contributed by atoms with Crippen LogP contribution in [0.1, 0.15) is 44.1 Å². The lowest BCUT2D eigenvalue weighted by Gasteiger charge is -2.33. The predicted octanol–water partition coefficient (Wildman–Crippen LogP) is 2.16. The van der Waals surface area contributed by atoms with E-state index in [0.29, 0.717) is 19.5 Å². The van der Waals surface area contributed by atoms with Gasteiger partial charge in [-0.2, -0.15) is 0 Å². The lowest BCUT2D eigenvalue weighted by atomic mass is 9.96. The lowest BCUT2D eigenvalue weighted by molar-refractivity contribution is -0.142. The second-order valence-electron chi connectivity index (χ2n) is 7.81. The second kappa shape index (κ2) is 9.57. The summed E-state index contributed by atoms with van der Waals surface area (Å²) >= 11 is 0. The van der Waals surface area contributed by atoms with Gasteiger partial charge in [0.25, 0.3) is 0 Å². The van der Waals surface area contributed by atoms with Gasteiger partial charge in [-0.05, 0) is 31.2 Å². The maximum absolute atomic E-state index is 12.7. The fourth-order valence-electron chi connectivity index (χ4n) is 4.05. The van der Waals surface area contributed by atoms with Crippen molar-refractivity contribution in [2.45, 2.75) is 57.0 Å². The number of nitrogens with zero attached hydrogens (tertiary/aromatic N) is 1. The number of hydrogen-bond donors (Lipinski definition) is 3. The summed E-state index contributed by atoms with van der Waals surface area (Å²) in [4.78, 5) is 38.5. The number of amides is 3. The van der Waals surface area contributed by atoms with Gasteiger partial charge in [0.2, 0.25) is 5.91 Å². The first-order valence-corrected chi connectivity index (χ1v) is 10.2. The summed E-state index contributed by atoms with van der Waals surface area (Å²) in [5, 5.41) is 15.2. The molecule has 1 aliphatic heterocycles. The Balaban J connectivity index is 1.54. The van der Waals surface area contributed by atoms with Crippen LogP contribution in [0.5, 0.6) is 0 Å². The SMILES string of the molecule is O=C(N[C@@H](Cc1ccccc1)C(=O)O)C1CCCN(C(=O)NC2CCCC2)C1. The molecule has 28 heavy (non-hydrogen) atoms. The highest BCUT2D eigenvalue weighted by molar-refractivity contribution is 5.86. The lowest BCUT2D eigenvalue weighted by Crippen LogP contribution is -2.52. The van der Waals surface area contributed by atoms with Crippen LogP contribution >= 0.6 is 0 Å². The van der Waals surface area contributed by atoms with Crippen molar-refractivity contribution in [2.24, 2.45) is 5.92 Å². The third kappa shape index (κ3) is 5.47. The van der Waals surface area contributed by atoms with Gasteiger partial charge < -0.3 is 20.6 Å². The average molecular weight is 387 g/mol. The summed E-state index contributed by atoms with van der Waals surface area (Å²) in [6.45, 7) is 0.969. The van der Waals surface area contributed by atoms with Crippen molar-refractivity contribution in [2.75, 3.05) is 13.1 Å². The number of likely N-dealkylation sites (tertiary alicyclic amines) is 1. The van der Waals surface area contributed by atoms with E-state index < -0.39 is 12.0 Å². The van der Waals surface area contributed by atoms with Crippen molar-refractivity contribution in [1.29, 1.82) is 0 Å². The quantitative estimate of drug-likeness (QED) is 0.697. The zero-order valence-corrected chi connectivity index (χ0v) is 16.1.